The highest BCUT2D eigenvalue weighted by atomic mass is 16.5. The van der Waals surface area contributed by atoms with Gasteiger partial charge in [0.1, 0.15) is 11.5 Å². The Morgan fingerprint density at radius 1 is 0.972 bits per heavy atom. The van der Waals surface area contributed by atoms with E-state index in [1.165, 1.54) is 18.1 Å². The number of nitrogens with zero attached hydrogens (tertiary/aromatic N) is 1. The molecule has 0 bridgehead atoms. The van der Waals surface area contributed by atoms with Crippen LogP contribution in [0.15, 0.2) is 78.4 Å². The van der Waals surface area contributed by atoms with Gasteiger partial charge in [-0.2, -0.15) is 0 Å². The fraction of sp³-hybridized carbons (Fsp3) is 0.207. The van der Waals surface area contributed by atoms with Crippen LogP contribution < -0.4 is 9.64 Å². The Bertz CT molecular complexity index is 1360. The van der Waals surface area contributed by atoms with Crippen molar-refractivity contribution < 1.29 is 29.0 Å². The second-order valence-corrected chi connectivity index (χ2v) is 8.79. The molecule has 1 fully saturated rings. The predicted molar refractivity (Wildman–Crippen MR) is 136 cm³/mol. The van der Waals surface area contributed by atoms with Crippen molar-refractivity contribution in [2.75, 3.05) is 12.0 Å². The number of anilines is 1. The summed E-state index contributed by atoms with van der Waals surface area (Å²) in [5.74, 6) is -2.15. The number of carbonyl (C=O) groups excluding carboxylic acids is 3. The van der Waals surface area contributed by atoms with Crippen LogP contribution in [0.4, 0.5) is 5.69 Å². The standard InChI is InChI=1S/C29H27NO6/c1-17(2)36-29(34)20-11-8-12-21(16-20)30-25(19-9-6-5-7-10-19)24(27(32)28(30)33)26(31)22-15-18(3)13-14-23(22)35-4/h5-17,25,31H,1-4H3/b26-24+. The van der Waals surface area contributed by atoms with Crippen molar-refractivity contribution in [1.29, 1.82) is 0 Å². The number of esters is 1. The van der Waals surface area contributed by atoms with E-state index < -0.39 is 23.7 Å². The molecule has 0 aromatic heterocycles. The molecule has 1 atom stereocenters. The molecule has 0 spiro atoms. The molecule has 1 heterocycles. The van der Waals surface area contributed by atoms with Crippen LogP contribution in [0.3, 0.4) is 0 Å². The number of aliphatic hydroxyl groups is 1. The number of hydrogen-bond acceptors (Lipinski definition) is 6. The van der Waals surface area contributed by atoms with Crippen LogP contribution in [-0.4, -0.2) is 36.0 Å². The monoisotopic (exact) mass is 485 g/mol. The molecular weight excluding hydrogens is 458 g/mol. The van der Waals surface area contributed by atoms with Crippen molar-refractivity contribution in [3.63, 3.8) is 0 Å². The first-order valence-electron chi connectivity index (χ1n) is 11.5. The van der Waals surface area contributed by atoms with E-state index in [1.54, 1.807) is 68.4 Å². The van der Waals surface area contributed by atoms with Gasteiger partial charge >= 0.3 is 5.97 Å². The van der Waals surface area contributed by atoms with Gasteiger partial charge in [-0.1, -0.05) is 48.0 Å². The van der Waals surface area contributed by atoms with Crippen LogP contribution in [0.1, 0.15) is 46.9 Å². The maximum Gasteiger partial charge on any atom is 0.338 e. The molecule has 4 rings (SSSR count). The first-order valence-corrected chi connectivity index (χ1v) is 11.5. The van der Waals surface area contributed by atoms with Gasteiger partial charge in [0.05, 0.1) is 36.0 Å². The fourth-order valence-electron chi connectivity index (χ4n) is 4.27. The maximum atomic E-state index is 13.4. The molecule has 36 heavy (non-hydrogen) atoms. The number of benzene rings is 3. The molecule has 7 heteroatoms. The van der Waals surface area contributed by atoms with Gasteiger partial charge in [-0.3, -0.25) is 14.5 Å². The lowest BCUT2D eigenvalue weighted by Crippen LogP contribution is -2.29. The van der Waals surface area contributed by atoms with E-state index in [4.69, 9.17) is 9.47 Å². The Morgan fingerprint density at radius 3 is 2.36 bits per heavy atom. The van der Waals surface area contributed by atoms with Gasteiger partial charge in [-0.05, 0) is 56.7 Å². The third-order valence-corrected chi connectivity index (χ3v) is 5.87. The van der Waals surface area contributed by atoms with Crippen molar-refractivity contribution in [3.8, 4) is 5.75 Å². The second-order valence-electron chi connectivity index (χ2n) is 8.79. The Balaban J connectivity index is 1.92. The normalized spacial score (nSPS) is 16.9. The molecule has 0 saturated carbocycles. The number of carbonyl (C=O) groups is 3. The molecular formula is C29H27NO6. The van der Waals surface area contributed by atoms with Gasteiger partial charge in [-0.25, -0.2) is 4.79 Å². The number of Topliss-reactive ketones (excluding diaryl/α,β-unsaturated/α-hetero) is 1. The molecule has 1 amide bonds. The minimum absolute atomic E-state index is 0.0646. The summed E-state index contributed by atoms with van der Waals surface area (Å²) in [6.07, 6.45) is -0.316. The third kappa shape index (κ3) is 4.60. The summed E-state index contributed by atoms with van der Waals surface area (Å²) in [5.41, 5.74) is 2.30. The highest BCUT2D eigenvalue weighted by molar-refractivity contribution is 6.51. The lowest BCUT2D eigenvalue weighted by Gasteiger charge is -2.26. The van der Waals surface area contributed by atoms with Crippen LogP contribution in [0, 0.1) is 6.92 Å². The van der Waals surface area contributed by atoms with Crippen molar-refractivity contribution in [2.24, 2.45) is 0 Å². The summed E-state index contributed by atoms with van der Waals surface area (Å²) in [6, 6.07) is 19.6. The lowest BCUT2D eigenvalue weighted by atomic mass is 9.94. The minimum Gasteiger partial charge on any atom is -0.507 e. The second kappa shape index (κ2) is 10.1. The molecule has 3 aromatic carbocycles. The average molecular weight is 486 g/mol. The quantitative estimate of drug-likeness (QED) is 0.223. The van der Waals surface area contributed by atoms with Gasteiger partial charge in [0.25, 0.3) is 11.7 Å². The first-order chi connectivity index (χ1) is 17.2. The van der Waals surface area contributed by atoms with Crippen LogP contribution in [0.5, 0.6) is 5.75 Å². The SMILES string of the molecule is COc1ccc(C)cc1/C(O)=C1\C(=O)C(=O)N(c2cccc(C(=O)OC(C)C)c2)C1c1ccccc1. The largest absolute Gasteiger partial charge is 0.507 e. The van der Waals surface area contributed by atoms with Crippen LogP contribution in [0.25, 0.3) is 5.76 Å². The number of amides is 1. The zero-order valence-electron chi connectivity index (χ0n) is 20.5. The van der Waals surface area contributed by atoms with E-state index in [0.29, 0.717) is 22.6 Å². The van der Waals surface area contributed by atoms with E-state index in [9.17, 15) is 19.5 Å². The molecule has 184 valence electrons. The molecule has 1 saturated heterocycles. The molecule has 1 unspecified atom stereocenters. The van der Waals surface area contributed by atoms with Crippen molar-refractivity contribution in [3.05, 3.63) is 101 Å². The Labute approximate surface area is 209 Å². The summed E-state index contributed by atoms with van der Waals surface area (Å²) < 4.78 is 10.7. The maximum absolute atomic E-state index is 13.4. The van der Waals surface area contributed by atoms with Crippen LogP contribution in [-0.2, 0) is 14.3 Å². The van der Waals surface area contributed by atoms with Gasteiger partial charge in [0.15, 0.2) is 0 Å². The molecule has 7 nitrogen and oxygen atoms in total. The summed E-state index contributed by atoms with van der Waals surface area (Å²) in [4.78, 5) is 40.6. The number of rotatable bonds is 6. The number of aliphatic hydroxyl groups excluding tert-OH is 1. The molecule has 3 aromatic rings. The molecule has 0 radical (unpaired) electrons. The predicted octanol–water partition coefficient (Wildman–Crippen LogP) is 5.20. The zero-order valence-corrected chi connectivity index (χ0v) is 20.5. The van der Waals surface area contributed by atoms with E-state index in [0.717, 1.165) is 5.56 Å². The summed E-state index contributed by atoms with van der Waals surface area (Å²) in [6.45, 7) is 5.34. The number of aryl methyl sites for hydroxylation is 1. The van der Waals surface area contributed by atoms with Gasteiger partial charge < -0.3 is 14.6 Å². The van der Waals surface area contributed by atoms with Crippen molar-refractivity contribution in [1.82, 2.24) is 0 Å². The molecule has 1 aliphatic rings. The Morgan fingerprint density at radius 2 is 1.69 bits per heavy atom. The topological polar surface area (TPSA) is 93.1 Å². The van der Waals surface area contributed by atoms with Gasteiger partial charge in [0, 0.05) is 5.69 Å². The Kier molecular flexibility index (Phi) is 6.92. The van der Waals surface area contributed by atoms with E-state index >= 15 is 0 Å². The van der Waals surface area contributed by atoms with E-state index in [2.05, 4.69) is 0 Å². The minimum atomic E-state index is -0.923. The van der Waals surface area contributed by atoms with Crippen molar-refractivity contribution >= 4 is 29.1 Å². The molecule has 0 aliphatic carbocycles. The highest BCUT2D eigenvalue weighted by Gasteiger charge is 2.47. The van der Waals surface area contributed by atoms with Crippen molar-refractivity contribution in [2.45, 2.75) is 32.9 Å². The average Bonchev–Trinajstić information content (AvgIpc) is 3.14. The number of hydrogen-bond donors (Lipinski definition) is 1. The fourth-order valence-corrected chi connectivity index (χ4v) is 4.27. The first kappa shape index (κ1) is 24.7. The zero-order chi connectivity index (χ0) is 26.0. The number of methoxy groups -OCH3 is 1. The smallest absolute Gasteiger partial charge is 0.338 e. The van der Waals surface area contributed by atoms with Crippen LogP contribution in [0.2, 0.25) is 0 Å². The molecule has 1 aliphatic heterocycles. The summed E-state index contributed by atoms with van der Waals surface area (Å²) in [7, 11) is 1.47. The summed E-state index contributed by atoms with van der Waals surface area (Å²) >= 11 is 0. The van der Waals surface area contributed by atoms with Gasteiger partial charge in [0.2, 0.25) is 0 Å². The lowest BCUT2D eigenvalue weighted by molar-refractivity contribution is -0.132. The summed E-state index contributed by atoms with van der Waals surface area (Å²) in [5, 5.41) is 11.4. The van der Waals surface area contributed by atoms with E-state index in [-0.39, 0.29) is 23.0 Å². The Hall–Kier alpha value is -4.39. The number of ketones is 1. The van der Waals surface area contributed by atoms with E-state index in [1.807, 2.05) is 19.1 Å². The van der Waals surface area contributed by atoms with Crippen LogP contribution >= 0.6 is 0 Å². The van der Waals surface area contributed by atoms with Gasteiger partial charge in [-0.15, -0.1) is 0 Å². The highest BCUT2D eigenvalue weighted by Crippen LogP contribution is 2.43. The number of ether oxygens (including phenoxy) is 2. The molecule has 1 N–H and O–H groups in total. The third-order valence-electron chi connectivity index (χ3n) is 5.87.